The van der Waals surface area contributed by atoms with E-state index >= 15 is 0 Å². The Bertz CT molecular complexity index is 366. The van der Waals surface area contributed by atoms with Crippen LogP contribution in [0.5, 0.6) is 0 Å². The third kappa shape index (κ3) is 4.34. The lowest BCUT2D eigenvalue weighted by Crippen LogP contribution is -2.41. The summed E-state index contributed by atoms with van der Waals surface area (Å²) in [7, 11) is 0. The molecule has 102 valence electrons. The Labute approximate surface area is 123 Å². The summed E-state index contributed by atoms with van der Waals surface area (Å²) >= 11 is 5.30. The van der Waals surface area contributed by atoms with Crippen molar-refractivity contribution >= 4 is 27.3 Å². The molecule has 2 heterocycles. The van der Waals surface area contributed by atoms with Gasteiger partial charge in [-0.05, 0) is 46.8 Å². The van der Waals surface area contributed by atoms with E-state index in [-0.39, 0.29) is 0 Å². The van der Waals surface area contributed by atoms with Gasteiger partial charge in [-0.1, -0.05) is 13.8 Å². The highest BCUT2D eigenvalue weighted by atomic mass is 79.9. The molecule has 0 amide bonds. The van der Waals surface area contributed by atoms with E-state index in [2.05, 4.69) is 51.4 Å². The van der Waals surface area contributed by atoms with Gasteiger partial charge in [-0.2, -0.15) is 0 Å². The van der Waals surface area contributed by atoms with Gasteiger partial charge in [-0.15, -0.1) is 11.3 Å². The zero-order chi connectivity index (χ0) is 13.0. The fourth-order valence-corrected chi connectivity index (χ4v) is 3.87. The molecule has 1 aromatic rings. The van der Waals surface area contributed by atoms with Gasteiger partial charge in [0.05, 0.1) is 0 Å². The van der Waals surface area contributed by atoms with Crippen molar-refractivity contribution in [2.75, 3.05) is 26.2 Å². The topological polar surface area (TPSA) is 15.3 Å². The first kappa shape index (κ1) is 14.5. The first-order chi connectivity index (χ1) is 8.65. The molecule has 2 atom stereocenters. The third-order valence-corrected chi connectivity index (χ3v) is 5.64. The minimum Gasteiger partial charge on any atom is -0.311 e. The van der Waals surface area contributed by atoms with Crippen LogP contribution < -0.4 is 5.32 Å². The molecule has 1 N–H and O–H groups in total. The molecule has 2 unspecified atom stereocenters. The van der Waals surface area contributed by atoms with Crippen LogP contribution in [0.25, 0.3) is 0 Å². The summed E-state index contributed by atoms with van der Waals surface area (Å²) in [4.78, 5) is 4.00. The van der Waals surface area contributed by atoms with Crippen molar-refractivity contribution in [2.24, 2.45) is 11.8 Å². The molecule has 0 spiro atoms. The Balaban J connectivity index is 1.61. The molecule has 1 saturated heterocycles. The van der Waals surface area contributed by atoms with Gasteiger partial charge in [0.25, 0.3) is 0 Å². The molecule has 1 fully saturated rings. The average Bonchev–Trinajstić information content (AvgIpc) is 2.75. The van der Waals surface area contributed by atoms with Crippen LogP contribution in [-0.4, -0.2) is 31.1 Å². The van der Waals surface area contributed by atoms with Crippen LogP contribution in [-0.2, 0) is 6.54 Å². The maximum Gasteiger partial charge on any atom is 0.0300 e. The minimum absolute atomic E-state index is 0.854. The molecule has 1 aliphatic heterocycles. The van der Waals surface area contributed by atoms with E-state index in [0.717, 1.165) is 24.9 Å². The molecule has 0 bridgehead atoms. The van der Waals surface area contributed by atoms with Crippen molar-refractivity contribution < 1.29 is 0 Å². The van der Waals surface area contributed by atoms with Gasteiger partial charge in [0.1, 0.15) is 0 Å². The molecule has 0 aliphatic carbocycles. The zero-order valence-corrected chi connectivity index (χ0v) is 13.7. The number of hydrogen-bond acceptors (Lipinski definition) is 3. The minimum atomic E-state index is 0.854. The van der Waals surface area contributed by atoms with Gasteiger partial charge in [-0.25, -0.2) is 0 Å². The summed E-state index contributed by atoms with van der Waals surface area (Å²) in [6, 6.07) is 2.20. The Morgan fingerprint density at radius 3 is 2.94 bits per heavy atom. The summed E-state index contributed by atoms with van der Waals surface area (Å²) in [6.45, 7) is 10.6. The first-order valence-corrected chi connectivity index (χ1v) is 8.48. The number of thiophene rings is 1. The van der Waals surface area contributed by atoms with E-state index in [1.807, 2.05) is 11.3 Å². The predicted molar refractivity (Wildman–Crippen MR) is 83.1 cm³/mol. The number of nitrogens with one attached hydrogen (secondary N) is 1. The Morgan fingerprint density at radius 2 is 2.28 bits per heavy atom. The monoisotopic (exact) mass is 330 g/mol. The van der Waals surface area contributed by atoms with E-state index in [1.165, 1.54) is 35.4 Å². The van der Waals surface area contributed by atoms with Crippen molar-refractivity contribution in [3.63, 3.8) is 0 Å². The normalized spacial score (nSPS) is 25.5. The lowest BCUT2D eigenvalue weighted by atomic mass is 9.89. The van der Waals surface area contributed by atoms with Gasteiger partial charge in [0.15, 0.2) is 0 Å². The summed E-state index contributed by atoms with van der Waals surface area (Å²) in [6.07, 6.45) is 1.36. The highest BCUT2D eigenvalue weighted by Crippen LogP contribution is 2.22. The standard InChI is InChI=1S/C14H23BrN2S/c1-11-3-5-17(9-12(11)2)6-4-16-8-14-7-13(15)10-18-14/h7,10-12,16H,3-6,8-9H2,1-2H3. The first-order valence-electron chi connectivity index (χ1n) is 6.81. The highest BCUT2D eigenvalue weighted by Gasteiger charge is 2.21. The largest absolute Gasteiger partial charge is 0.311 e. The van der Waals surface area contributed by atoms with Crippen LogP contribution in [0.1, 0.15) is 25.1 Å². The van der Waals surface area contributed by atoms with Gasteiger partial charge in [0.2, 0.25) is 0 Å². The summed E-state index contributed by atoms with van der Waals surface area (Å²) in [5.74, 6) is 1.75. The zero-order valence-electron chi connectivity index (χ0n) is 11.3. The van der Waals surface area contributed by atoms with Crippen LogP contribution in [0, 0.1) is 11.8 Å². The number of hydrogen-bond donors (Lipinski definition) is 1. The second kappa shape index (κ2) is 7.04. The van der Waals surface area contributed by atoms with Gasteiger partial charge in [0, 0.05) is 40.9 Å². The molecule has 2 rings (SSSR count). The van der Waals surface area contributed by atoms with E-state index in [9.17, 15) is 0 Å². The summed E-state index contributed by atoms with van der Waals surface area (Å²) < 4.78 is 1.20. The molecular weight excluding hydrogens is 308 g/mol. The van der Waals surface area contributed by atoms with Crippen molar-refractivity contribution in [1.29, 1.82) is 0 Å². The van der Waals surface area contributed by atoms with E-state index in [4.69, 9.17) is 0 Å². The van der Waals surface area contributed by atoms with Gasteiger partial charge < -0.3 is 10.2 Å². The van der Waals surface area contributed by atoms with Crippen LogP contribution in [0.4, 0.5) is 0 Å². The number of nitrogens with zero attached hydrogens (tertiary/aromatic N) is 1. The third-order valence-electron chi connectivity index (χ3n) is 3.94. The van der Waals surface area contributed by atoms with E-state index in [0.29, 0.717) is 0 Å². The van der Waals surface area contributed by atoms with E-state index in [1.54, 1.807) is 0 Å². The smallest absolute Gasteiger partial charge is 0.0300 e. The van der Waals surface area contributed by atoms with Gasteiger partial charge in [-0.3, -0.25) is 0 Å². The quantitative estimate of drug-likeness (QED) is 0.830. The SMILES string of the molecule is CC1CCN(CCNCc2cc(Br)cs2)CC1C. The van der Waals surface area contributed by atoms with Crippen LogP contribution in [0.2, 0.25) is 0 Å². The molecule has 0 aromatic carbocycles. The Morgan fingerprint density at radius 1 is 1.44 bits per heavy atom. The second-order valence-electron chi connectivity index (χ2n) is 5.45. The maximum atomic E-state index is 3.54. The van der Waals surface area contributed by atoms with Crippen molar-refractivity contribution in [1.82, 2.24) is 10.2 Å². The number of halogens is 1. The molecule has 0 saturated carbocycles. The lowest BCUT2D eigenvalue weighted by Gasteiger charge is -2.35. The van der Waals surface area contributed by atoms with E-state index < -0.39 is 0 Å². The fraction of sp³-hybridized carbons (Fsp3) is 0.714. The molecule has 0 radical (unpaired) electrons. The number of piperidine rings is 1. The number of likely N-dealkylation sites (tertiary alicyclic amines) is 1. The fourth-order valence-electron chi connectivity index (χ4n) is 2.45. The molecule has 1 aromatic heterocycles. The average molecular weight is 331 g/mol. The second-order valence-corrected chi connectivity index (χ2v) is 7.36. The Kier molecular flexibility index (Phi) is 5.67. The van der Waals surface area contributed by atoms with Crippen LogP contribution in [0.3, 0.4) is 0 Å². The highest BCUT2D eigenvalue weighted by molar-refractivity contribution is 9.10. The number of rotatable bonds is 5. The molecule has 1 aliphatic rings. The van der Waals surface area contributed by atoms with Crippen molar-refractivity contribution in [3.05, 3.63) is 20.8 Å². The molecule has 4 heteroatoms. The van der Waals surface area contributed by atoms with Crippen molar-refractivity contribution in [2.45, 2.75) is 26.8 Å². The maximum absolute atomic E-state index is 3.54. The van der Waals surface area contributed by atoms with Crippen LogP contribution in [0.15, 0.2) is 15.9 Å². The summed E-state index contributed by atoms with van der Waals surface area (Å²) in [5.41, 5.74) is 0. The lowest BCUT2D eigenvalue weighted by molar-refractivity contribution is 0.139. The predicted octanol–water partition coefficient (Wildman–Crippen LogP) is 3.58. The Hall–Kier alpha value is 0.1000. The summed E-state index contributed by atoms with van der Waals surface area (Å²) in [5, 5.41) is 5.68. The van der Waals surface area contributed by atoms with Crippen molar-refractivity contribution in [3.8, 4) is 0 Å². The molecular formula is C14H23BrN2S. The molecule has 2 nitrogen and oxygen atoms in total. The van der Waals surface area contributed by atoms with Crippen LogP contribution >= 0.6 is 27.3 Å². The van der Waals surface area contributed by atoms with Gasteiger partial charge >= 0.3 is 0 Å². The molecule has 18 heavy (non-hydrogen) atoms.